The molecule has 72 valence electrons. The molecule has 0 aromatic rings. The number of methoxy groups -OCH3 is 1. The normalized spacial score (nSPS) is 13.0. The molecule has 0 amide bonds. The van der Waals surface area contributed by atoms with E-state index in [0.717, 1.165) is 7.11 Å². The van der Waals surface area contributed by atoms with Crippen LogP contribution < -0.4 is 0 Å². The van der Waals surface area contributed by atoms with Gasteiger partial charge in [0.15, 0.2) is 0 Å². The Labute approximate surface area is 66.5 Å². The van der Waals surface area contributed by atoms with Crippen LogP contribution in [-0.2, 0) is 19.8 Å². The van der Waals surface area contributed by atoms with E-state index in [1.807, 2.05) is 0 Å². The standard InChI is InChI=1S/C4H5F3O4S/c1-11-2-3(8)4(5,6)12(7,9)10/h2H2,1H3. The van der Waals surface area contributed by atoms with Gasteiger partial charge in [-0.15, -0.1) is 0 Å². The molecule has 0 atom stereocenters. The minimum atomic E-state index is -6.19. The first kappa shape index (κ1) is 11.4. The second-order valence-electron chi connectivity index (χ2n) is 1.81. The van der Waals surface area contributed by atoms with Crippen molar-refractivity contribution in [3.8, 4) is 0 Å². The van der Waals surface area contributed by atoms with Crippen molar-refractivity contribution in [2.75, 3.05) is 13.7 Å². The van der Waals surface area contributed by atoms with Crippen LogP contribution >= 0.6 is 0 Å². The van der Waals surface area contributed by atoms with Crippen LogP contribution in [0.15, 0.2) is 0 Å². The highest BCUT2D eigenvalue weighted by molar-refractivity contribution is 7.88. The van der Waals surface area contributed by atoms with Gasteiger partial charge in [0.2, 0.25) is 5.78 Å². The lowest BCUT2D eigenvalue weighted by Crippen LogP contribution is -2.37. The first-order valence-electron chi connectivity index (χ1n) is 2.57. The van der Waals surface area contributed by atoms with Gasteiger partial charge in [0.25, 0.3) is 0 Å². The Bertz CT molecular complexity index is 270. The molecular weight excluding hydrogens is 201 g/mol. The average molecular weight is 206 g/mol. The molecule has 0 rings (SSSR count). The number of alkyl halides is 2. The topological polar surface area (TPSA) is 60.4 Å². The summed E-state index contributed by atoms with van der Waals surface area (Å²) < 4.78 is 59.2. The highest BCUT2D eigenvalue weighted by Crippen LogP contribution is 2.24. The first-order chi connectivity index (χ1) is 5.23. The predicted octanol–water partition coefficient (Wildman–Crippen LogP) is 0.0940. The van der Waals surface area contributed by atoms with Crippen LogP contribution in [0.2, 0.25) is 0 Å². The van der Waals surface area contributed by atoms with E-state index in [4.69, 9.17) is 0 Å². The Balaban J connectivity index is 4.75. The quantitative estimate of drug-likeness (QED) is 0.612. The van der Waals surface area contributed by atoms with Crippen molar-refractivity contribution in [3.05, 3.63) is 0 Å². The van der Waals surface area contributed by atoms with Gasteiger partial charge < -0.3 is 4.74 Å². The summed E-state index contributed by atoms with van der Waals surface area (Å²) in [6, 6.07) is 0. The molecule has 0 saturated carbocycles. The number of halogens is 3. The Hall–Kier alpha value is -0.630. The molecule has 8 heteroatoms. The average Bonchev–Trinajstić information content (AvgIpc) is 1.85. The van der Waals surface area contributed by atoms with Crippen LogP contribution in [0.4, 0.5) is 12.7 Å². The molecule has 0 aliphatic carbocycles. The highest BCUT2D eigenvalue weighted by Gasteiger charge is 2.52. The minimum Gasteiger partial charge on any atom is -0.377 e. The van der Waals surface area contributed by atoms with E-state index in [9.17, 15) is 25.9 Å². The molecular formula is C4H5F3O4S. The summed E-state index contributed by atoms with van der Waals surface area (Å²) in [6.07, 6.45) is 0. The van der Waals surface area contributed by atoms with Crippen LogP contribution in [0.1, 0.15) is 0 Å². The van der Waals surface area contributed by atoms with Crippen molar-refractivity contribution in [2.24, 2.45) is 0 Å². The van der Waals surface area contributed by atoms with Crippen LogP contribution in [0.3, 0.4) is 0 Å². The van der Waals surface area contributed by atoms with Crippen molar-refractivity contribution >= 4 is 16.0 Å². The fraction of sp³-hybridized carbons (Fsp3) is 0.750. The van der Waals surface area contributed by atoms with Crippen LogP contribution in [0.25, 0.3) is 0 Å². The Morgan fingerprint density at radius 3 is 2.17 bits per heavy atom. The number of ketones is 1. The smallest absolute Gasteiger partial charge is 0.377 e. The maximum Gasteiger partial charge on any atom is 0.433 e. The molecule has 4 nitrogen and oxygen atoms in total. The molecule has 0 aliphatic heterocycles. The molecule has 0 bridgehead atoms. The number of hydrogen-bond donors (Lipinski definition) is 0. The maximum atomic E-state index is 12.1. The largest absolute Gasteiger partial charge is 0.433 e. The third-order valence-electron chi connectivity index (χ3n) is 0.906. The first-order valence-corrected chi connectivity index (χ1v) is 3.96. The van der Waals surface area contributed by atoms with Gasteiger partial charge in [0.1, 0.15) is 6.61 Å². The molecule has 0 fully saturated rings. The van der Waals surface area contributed by atoms with Crippen molar-refractivity contribution in [2.45, 2.75) is 5.25 Å². The second kappa shape index (κ2) is 3.40. The SMILES string of the molecule is COCC(=O)C(F)(F)S(=O)(=O)F. The van der Waals surface area contributed by atoms with Crippen LogP contribution in [0, 0.1) is 0 Å². The molecule has 0 radical (unpaired) electrons. The fourth-order valence-electron chi connectivity index (χ4n) is 0.351. The summed E-state index contributed by atoms with van der Waals surface area (Å²) in [5.74, 6) is -2.13. The molecule has 0 heterocycles. The number of carbonyl (C=O) groups excluding carboxylic acids is 1. The lowest BCUT2D eigenvalue weighted by Gasteiger charge is -2.08. The van der Waals surface area contributed by atoms with Gasteiger partial charge in [-0.3, -0.25) is 4.79 Å². The van der Waals surface area contributed by atoms with Crippen LogP contribution in [0.5, 0.6) is 0 Å². The molecule has 0 N–H and O–H groups in total. The molecule has 0 aliphatic rings. The van der Waals surface area contributed by atoms with Crippen molar-refractivity contribution < 1.29 is 30.6 Å². The Kier molecular flexibility index (Phi) is 3.22. The summed E-state index contributed by atoms with van der Waals surface area (Å²) in [5, 5.41) is -5.01. The van der Waals surface area contributed by atoms with E-state index in [0.29, 0.717) is 0 Å². The van der Waals surface area contributed by atoms with E-state index in [2.05, 4.69) is 4.74 Å². The van der Waals surface area contributed by atoms with Gasteiger partial charge in [-0.1, -0.05) is 3.89 Å². The van der Waals surface area contributed by atoms with E-state index in [1.54, 1.807) is 0 Å². The third-order valence-corrected chi connectivity index (χ3v) is 1.75. The van der Waals surface area contributed by atoms with Gasteiger partial charge in [-0.25, -0.2) is 0 Å². The fourth-order valence-corrected chi connectivity index (χ4v) is 0.682. The lowest BCUT2D eigenvalue weighted by molar-refractivity contribution is -0.137. The third kappa shape index (κ3) is 2.18. The minimum absolute atomic E-state index is 0.902. The molecule has 0 saturated heterocycles. The zero-order valence-electron chi connectivity index (χ0n) is 5.88. The van der Waals surface area contributed by atoms with Crippen molar-refractivity contribution in [1.29, 1.82) is 0 Å². The highest BCUT2D eigenvalue weighted by atomic mass is 32.3. The van der Waals surface area contributed by atoms with Gasteiger partial charge in [0, 0.05) is 7.11 Å². The van der Waals surface area contributed by atoms with E-state index < -0.39 is 27.9 Å². The lowest BCUT2D eigenvalue weighted by atomic mass is 10.4. The van der Waals surface area contributed by atoms with E-state index >= 15 is 0 Å². The summed E-state index contributed by atoms with van der Waals surface area (Å²) in [7, 11) is -5.29. The molecule has 0 aromatic heterocycles. The zero-order valence-corrected chi connectivity index (χ0v) is 6.70. The van der Waals surface area contributed by atoms with Gasteiger partial charge in [-0.05, 0) is 0 Å². The predicted molar refractivity (Wildman–Crippen MR) is 31.9 cm³/mol. The molecule has 0 aromatic carbocycles. The van der Waals surface area contributed by atoms with Gasteiger partial charge in [-0.2, -0.15) is 17.2 Å². The number of carbonyl (C=O) groups is 1. The number of hydrogen-bond acceptors (Lipinski definition) is 4. The summed E-state index contributed by atoms with van der Waals surface area (Å²) >= 11 is 0. The van der Waals surface area contributed by atoms with Gasteiger partial charge >= 0.3 is 15.5 Å². The molecule has 12 heavy (non-hydrogen) atoms. The number of ether oxygens (including phenoxy) is 1. The molecule has 0 spiro atoms. The Morgan fingerprint density at radius 1 is 1.50 bits per heavy atom. The summed E-state index contributed by atoms with van der Waals surface area (Å²) in [6.45, 7) is -1.16. The molecule has 0 unspecified atom stereocenters. The van der Waals surface area contributed by atoms with Crippen molar-refractivity contribution in [1.82, 2.24) is 0 Å². The maximum absolute atomic E-state index is 12.1. The monoisotopic (exact) mass is 206 g/mol. The zero-order chi connectivity index (χ0) is 9.99. The van der Waals surface area contributed by atoms with E-state index in [1.165, 1.54) is 0 Å². The number of rotatable bonds is 4. The van der Waals surface area contributed by atoms with E-state index in [-0.39, 0.29) is 0 Å². The van der Waals surface area contributed by atoms with Crippen LogP contribution in [-0.4, -0.2) is 33.2 Å². The summed E-state index contributed by atoms with van der Waals surface area (Å²) in [5.41, 5.74) is 0. The summed E-state index contributed by atoms with van der Waals surface area (Å²) in [4.78, 5) is 10.2. The second-order valence-corrected chi connectivity index (χ2v) is 3.20. The number of Topliss-reactive ketones (excluding diaryl/α,β-unsaturated/α-hetero) is 1. The van der Waals surface area contributed by atoms with Gasteiger partial charge in [0.05, 0.1) is 0 Å². The Morgan fingerprint density at radius 2 is 1.92 bits per heavy atom. The van der Waals surface area contributed by atoms with Crippen molar-refractivity contribution in [3.63, 3.8) is 0 Å².